The Kier molecular flexibility index (Phi) is 3.50. The topological polar surface area (TPSA) is 75.9 Å². The van der Waals surface area contributed by atoms with Crippen molar-refractivity contribution in [1.82, 2.24) is 9.97 Å². The van der Waals surface area contributed by atoms with Crippen LogP contribution in [-0.4, -0.2) is 27.5 Å². The summed E-state index contributed by atoms with van der Waals surface area (Å²) >= 11 is 1.94. The third kappa shape index (κ3) is 2.38. The van der Waals surface area contributed by atoms with Crippen LogP contribution in [0.15, 0.2) is 12.4 Å². The van der Waals surface area contributed by atoms with Crippen molar-refractivity contribution in [2.24, 2.45) is 5.84 Å². The Morgan fingerprint density at radius 3 is 2.75 bits per heavy atom. The van der Waals surface area contributed by atoms with E-state index in [4.69, 9.17) is 5.84 Å². The van der Waals surface area contributed by atoms with Gasteiger partial charge in [-0.05, 0) is 19.1 Å². The lowest BCUT2D eigenvalue weighted by Gasteiger charge is -2.40. The Labute approximate surface area is 99.6 Å². The van der Waals surface area contributed by atoms with Gasteiger partial charge >= 0.3 is 0 Å². The zero-order chi connectivity index (χ0) is 11.4. The maximum absolute atomic E-state index is 5.28. The predicted octanol–water partition coefficient (Wildman–Crippen LogP) is 1.46. The van der Waals surface area contributed by atoms with E-state index >= 15 is 0 Å². The third-order valence-corrected chi connectivity index (χ3v) is 4.49. The summed E-state index contributed by atoms with van der Waals surface area (Å²) in [7, 11) is 0. The molecule has 4 N–H and O–H groups in total. The number of hydrogen-bond donors (Lipinski definition) is 3. The molecule has 2 rings (SSSR count). The maximum Gasteiger partial charge on any atom is 0.160 e. The van der Waals surface area contributed by atoms with Crippen molar-refractivity contribution in [2.45, 2.75) is 24.0 Å². The highest BCUT2D eigenvalue weighted by molar-refractivity contribution is 8.00. The molecule has 1 aliphatic rings. The molecule has 0 aliphatic heterocycles. The van der Waals surface area contributed by atoms with Gasteiger partial charge in [0.2, 0.25) is 0 Å². The number of nitrogens with one attached hydrogen (secondary N) is 2. The van der Waals surface area contributed by atoms with Crippen molar-refractivity contribution in [2.75, 3.05) is 23.5 Å². The fourth-order valence-corrected chi connectivity index (χ4v) is 2.71. The number of hydrogen-bond acceptors (Lipinski definition) is 6. The van der Waals surface area contributed by atoms with E-state index in [1.54, 1.807) is 12.4 Å². The van der Waals surface area contributed by atoms with Gasteiger partial charge in [-0.1, -0.05) is 6.42 Å². The minimum Gasteiger partial charge on any atom is -0.367 e. The van der Waals surface area contributed by atoms with Crippen molar-refractivity contribution < 1.29 is 0 Å². The summed E-state index contributed by atoms with van der Waals surface area (Å²) in [6.45, 7) is 0.941. The minimum atomic E-state index is 0.397. The fraction of sp³-hybridized carbons (Fsp3) is 0.600. The number of aromatic nitrogens is 2. The third-order valence-electron chi connectivity index (χ3n) is 3.07. The van der Waals surface area contributed by atoms with Crippen molar-refractivity contribution in [3.63, 3.8) is 0 Å². The second kappa shape index (κ2) is 4.88. The highest BCUT2D eigenvalue weighted by atomic mass is 32.2. The molecule has 88 valence electrons. The Balaban J connectivity index is 1.93. The zero-order valence-electron chi connectivity index (χ0n) is 9.36. The quantitative estimate of drug-likeness (QED) is 0.533. The van der Waals surface area contributed by atoms with E-state index in [-0.39, 0.29) is 0 Å². The lowest BCUT2D eigenvalue weighted by Crippen LogP contribution is -2.40. The van der Waals surface area contributed by atoms with Gasteiger partial charge < -0.3 is 10.7 Å². The largest absolute Gasteiger partial charge is 0.367 e. The van der Waals surface area contributed by atoms with Crippen LogP contribution in [0.1, 0.15) is 19.3 Å². The first-order valence-corrected chi connectivity index (χ1v) is 6.58. The highest BCUT2D eigenvalue weighted by Gasteiger charge is 2.35. The number of anilines is 2. The van der Waals surface area contributed by atoms with E-state index in [0.717, 1.165) is 12.4 Å². The molecule has 0 unspecified atom stereocenters. The molecule has 0 spiro atoms. The fourth-order valence-electron chi connectivity index (χ4n) is 1.80. The monoisotopic (exact) mass is 239 g/mol. The smallest absolute Gasteiger partial charge is 0.160 e. The molecule has 1 heterocycles. The van der Waals surface area contributed by atoms with Gasteiger partial charge in [0.25, 0.3) is 0 Å². The summed E-state index contributed by atoms with van der Waals surface area (Å²) in [5.41, 5.74) is 2.49. The Hall–Kier alpha value is -1.01. The number of nitrogens with two attached hydrogens (primary N) is 1. The van der Waals surface area contributed by atoms with Crippen molar-refractivity contribution in [1.29, 1.82) is 0 Å². The van der Waals surface area contributed by atoms with E-state index in [0.29, 0.717) is 10.6 Å². The second-order valence-corrected chi connectivity index (χ2v) is 5.30. The van der Waals surface area contributed by atoms with Crippen molar-refractivity contribution in [3.05, 3.63) is 12.4 Å². The number of thioether (sulfide) groups is 1. The molecular formula is C10H17N5S. The van der Waals surface area contributed by atoms with Crippen LogP contribution < -0.4 is 16.6 Å². The van der Waals surface area contributed by atoms with Gasteiger partial charge in [-0.3, -0.25) is 4.98 Å². The van der Waals surface area contributed by atoms with Gasteiger partial charge in [0.15, 0.2) is 5.82 Å². The Morgan fingerprint density at radius 1 is 1.44 bits per heavy atom. The molecule has 0 atom stereocenters. The molecule has 1 aromatic rings. The van der Waals surface area contributed by atoms with Gasteiger partial charge in [-0.15, -0.1) is 0 Å². The molecule has 1 fully saturated rings. The Bertz CT molecular complexity index is 347. The summed E-state index contributed by atoms with van der Waals surface area (Å²) in [6.07, 6.45) is 9.38. The predicted molar refractivity (Wildman–Crippen MR) is 68.4 cm³/mol. The first-order valence-electron chi connectivity index (χ1n) is 5.36. The summed E-state index contributed by atoms with van der Waals surface area (Å²) in [4.78, 5) is 8.32. The summed E-state index contributed by atoms with van der Waals surface area (Å²) in [6, 6.07) is 0. The number of hydrazine groups is 1. The molecule has 1 saturated carbocycles. The van der Waals surface area contributed by atoms with Gasteiger partial charge in [0.1, 0.15) is 5.82 Å². The molecule has 0 radical (unpaired) electrons. The van der Waals surface area contributed by atoms with Crippen LogP contribution in [0.5, 0.6) is 0 Å². The lowest BCUT2D eigenvalue weighted by molar-refractivity contribution is 0.379. The standard InChI is InChI=1S/C10H17N5S/c1-16-10(3-2-4-10)7-13-8-5-12-6-9(14-8)15-11/h5-6H,2-4,7,11H2,1H3,(H2,13,14,15). The Morgan fingerprint density at radius 2 is 2.19 bits per heavy atom. The molecule has 16 heavy (non-hydrogen) atoms. The molecule has 1 aromatic heterocycles. The SMILES string of the molecule is CSC1(CNc2cncc(NN)n2)CCC1. The molecule has 1 aliphatic carbocycles. The van der Waals surface area contributed by atoms with Gasteiger partial charge in [0, 0.05) is 11.3 Å². The van der Waals surface area contributed by atoms with Crippen LogP contribution in [-0.2, 0) is 0 Å². The van der Waals surface area contributed by atoms with Gasteiger partial charge in [-0.25, -0.2) is 10.8 Å². The van der Waals surface area contributed by atoms with Crippen LogP contribution in [0, 0.1) is 0 Å². The van der Waals surface area contributed by atoms with E-state index < -0.39 is 0 Å². The summed E-state index contributed by atoms with van der Waals surface area (Å²) in [5.74, 6) is 6.63. The van der Waals surface area contributed by atoms with E-state index in [1.165, 1.54) is 19.3 Å². The van der Waals surface area contributed by atoms with Crippen molar-refractivity contribution >= 4 is 23.4 Å². The molecule has 0 saturated heterocycles. The average molecular weight is 239 g/mol. The normalized spacial score (nSPS) is 17.6. The highest BCUT2D eigenvalue weighted by Crippen LogP contribution is 2.42. The minimum absolute atomic E-state index is 0.397. The second-order valence-electron chi connectivity index (χ2n) is 4.03. The lowest BCUT2D eigenvalue weighted by atomic mass is 9.84. The molecule has 0 bridgehead atoms. The summed E-state index contributed by atoms with van der Waals surface area (Å²) < 4.78 is 0.397. The molecular weight excluding hydrogens is 222 g/mol. The van der Waals surface area contributed by atoms with E-state index in [9.17, 15) is 0 Å². The summed E-state index contributed by atoms with van der Waals surface area (Å²) in [5, 5.41) is 3.32. The average Bonchev–Trinajstić information content (AvgIpc) is 2.29. The van der Waals surface area contributed by atoms with E-state index in [1.807, 2.05) is 11.8 Å². The first-order chi connectivity index (χ1) is 7.78. The maximum atomic E-state index is 5.28. The zero-order valence-corrected chi connectivity index (χ0v) is 10.2. The van der Waals surface area contributed by atoms with Gasteiger partial charge in [0.05, 0.1) is 12.4 Å². The first kappa shape index (κ1) is 11.5. The number of nitrogen functional groups attached to an aromatic ring is 1. The number of rotatable bonds is 5. The van der Waals surface area contributed by atoms with Crippen LogP contribution >= 0.6 is 11.8 Å². The van der Waals surface area contributed by atoms with Crippen LogP contribution in [0.2, 0.25) is 0 Å². The molecule has 0 aromatic carbocycles. The molecule has 5 nitrogen and oxygen atoms in total. The van der Waals surface area contributed by atoms with Crippen LogP contribution in [0.25, 0.3) is 0 Å². The van der Waals surface area contributed by atoms with Crippen LogP contribution in [0.3, 0.4) is 0 Å². The van der Waals surface area contributed by atoms with Gasteiger partial charge in [-0.2, -0.15) is 11.8 Å². The van der Waals surface area contributed by atoms with E-state index in [2.05, 4.69) is 27.0 Å². The molecule has 0 amide bonds. The van der Waals surface area contributed by atoms with Crippen molar-refractivity contribution in [3.8, 4) is 0 Å². The van der Waals surface area contributed by atoms with Crippen LogP contribution in [0.4, 0.5) is 11.6 Å². The molecule has 6 heteroatoms. The number of nitrogens with zero attached hydrogens (tertiary/aromatic N) is 2.